The van der Waals surface area contributed by atoms with Crippen molar-refractivity contribution in [3.05, 3.63) is 11.8 Å². The third-order valence-electron chi connectivity index (χ3n) is 3.64. The maximum atomic E-state index is 12.0. The summed E-state index contributed by atoms with van der Waals surface area (Å²) in [5.74, 6) is -0.474. The van der Waals surface area contributed by atoms with Crippen molar-refractivity contribution in [1.82, 2.24) is 10.1 Å². The minimum Gasteiger partial charge on any atom is -0.481 e. The minimum absolute atomic E-state index is 0.0609. The molecule has 1 fully saturated rings. The van der Waals surface area contributed by atoms with Crippen LogP contribution in [0.25, 0.3) is 0 Å². The number of amides is 1. The summed E-state index contributed by atoms with van der Waals surface area (Å²) in [6.45, 7) is 4.91. The molecule has 1 unspecified atom stereocenters. The number of carbonyl (C=O) groups excluding carboxylic acids is 1. The molecule has 0 aliphatic carbocycles. The largest absolute Gasteiger partial charge is 0.481 e. The zero-order chi connectivity index (χ0) is 15.4. The molecule has 1 aromatic rings. The van der Waals surface area contributed by atoms with Gasteiger partial charge in [-0.05, 0) is 25.3 Å². The zero-order valence-electron chi connectivity index (χ0n) is 12.3. The lowest BCUT2D eigenvalue weighted by Gasteiger charge is -2.21. The number of aromatic nitrogens is 1. The van der Waals surface area contributed by atoms with Gasteiger partial charge >= 0.3 is 5.97 Å². The summed E-state index contributed by atoms with van der Waals surface area (Å²) in [6, 6.07) is 1.65. The van der Waals surface area contributed by atoms with Gasteiger partial charge in [0.15, 0.2) is 0 Å². The SMILES string of the molecule is CC(C)c1cc(NC(=O)CN2CCCC2CC(=O)O)on1. The number of carboxylic acids is 1. The van der Waals surface area contributed by atoms with Gasteiger partial charge in [0.1, 0.15) is 0 Å². The molecule has 1 aliphatic heterocycles. The molecule has 1 saturated heterocycles. The van der Waals surface area contributed by atoms with Crippen LogP contribution in [0.15, 0.2) is 10.6 Å². The van der Waals surface area contributed by atoms with E-state index < -0.39 is 5.97 Å². The number of anilines is 1. The fourth-order valence-electron chi connectivity index (χ4n) is 2.52. The number of carboxylic acid groups (broad SMARTS) is 1. The first kappa shape index (κ1) is 15.5. The van der Waals surface area contributed by atoms with Gasteiger partial charge in [0.05, 0.1) is 18.7 Å². The normalized spacial score (nSPS) is 19.1. The number of likely N-dealkylation sites (tertiary alicyclic amines) is 1. The van der Waals surface area contributed by atoms with Gasteiger partial charge in [-0.3, -0.25) is 19.8 Å². The van der Waals surface area contributed by atoms with Crippen LogP contribution in [0.4, 0.5) is 5.88 Å². The van der Waals surface area contributed by atoms with Crippen LogP contribution in [-0.4, -0.2) is 46.2 Å². The molecule has 7 heteroatoms. The zero-order valence-corrected chi connectivity index (χ0v) is 12.3. The first-order valence-corrected chi connectivity index (χ1v) is 7.18. The van der Waals surface area contributed by atoms with Crippen molar-refractivity contribution in [2.75, 3.05) is 18.4 Å². The van der Waals surface area contributed by atoms with Gasteiger partial charge < -0.3 is 9.63 Å². The van der Waals surface area contributed by atoms with Crippen LogP contribution in [0.5, 0.6) is 0 Å². The Morgan fingerprint density at radius 1 is 1.57 bits per heavy atom. The minimum atomic E-state index is -0.830. The van der Waals surface area contributed by atoms with Crippen molar-refractivity contribution in [2.45, 2.75) is 45.1 Å². The summed E-state index contributed by atoms with van der Waals surface area (Å²) in [5, 5.41) is 15.4. The second kappa shape index (κ2) is 6.71. The highest BCUT2D eigenvalue weighted by Crippen LogP contribution is 2.21. The number of hydrogen-bond donors (Lipinski definition) is 2. The molecule has 7 nitrogen and oxygen atoms in total. The van der Waals surface area contributed by atoms with Gasteiger partial charge in [-0.25, -0.2) is 0 Å². The van der Waals surface area contributed by atoms with Gasteiger partial charge in [-0.15, -0.1) is 0 Å². The summed E-state index contributed by atoms with van der Waals surface area (Å²) < 4.78 is 5.06. The molecule has 116 valence electrons. The first-order chi connectivity index (χ1) is 9.95. The fraction of sp³-hybridized carbons (Fsp3) is 0.643. The summed E-state index contributed by atoms with van der Waals surface area (Å²) in [6.07, 6.45) is 1.82. The Hall–Kier alpha value is -1.89. The molecule has 1 amide bonds. The van der Waals surface area contributed by atoms with E-state index in [1.54, 1.807) is 6.07 Å². The van der Waals surface area contributed by atoms with Gasteiger partial charge in [-0.1, -0.05) is 19.0 Å². The molecular formula is C14H21N3O4. The molecule has 0 bridgehead atoms. The van der Waals surface area contributed by atoms with Crippen molar-refractivity contribution in [1.29, 1.82) is 0 Å². The summed E-state index contributed by atoms with van der Waals surface area (Å²) in [5.41, 5.74) is 0.787. The molecule has 1 aliphatic rings. The van der Waals surface area contributed by atoms with E-state index in [0.29, 0.717) is 5.88 Å². The Bertz CT molecular complexity index is 512. The highest BCUT2D eigenvalue weighted by atomic mass is 16.5. The molecule has 2 heterocycles. The van der Waals surface area contributed by atoms with Crippen molar-refractivity contribution in [3.8, 4) is 0 Å². The molecule has 1 aromatic heterocycles. The lowest BCUT2D eigenvalue weighted by atomic mass is 10.1. The standard InChI is InChI=1S/C14H21N3O4/c1-9(2)11-7-13(21-16-11)15-12(18)8-17-5-3-4-10(17)6-14(19)20/h7,9-10H,3-6,8H2,1-2H3,(H,15,18)(H,19,20). The molecule has 0 saturated carbocycles. The first-order valence-electron chi connectivity index (χ1n) is 7.18. The molecule has 2 N–H and O–H groups in total. The van der Waals surface area contributed by atoms with Crippen molar-refractivity contribution >= 4 is 17.8 Å². The van der Waals surface area contributed by atoms with E-state index in [0.717, 1.165) is 25.1 Å². The third kappa shape index (κ3) is 4.29. The van der Waals surface area contributed by atoms with E-state index in [1.807, 2.05) is 18.7 Å². The number of carbonyl (C=O) groups is 2. The lowest BCUT2D eigenvalue weighted by Crippen LogP contribution is -2.37. The molecule has 2 rings (SSSR count). The number of nitrogens with zero attached hydrogens (tertiary/aromatic N) is 2. The number of hydrogen-bond acceptors (Lipinski definition) is 5. The third-order valence-corrected chi connectivity index (χ3v) is 3.64. The fourth-order valence-corrected chi connectivity index (χ4v) is 2.52. The van der Waals surface area contributed by atoms with Gasteiger partial charge in [0.2, 0.25) is 11.8 Å². The Kier molecular flexibility index (Phi) is 4.95. The van der Waals surface area contributed by atoms with Crippen LogP contribution in [0.2, 0.25) is 0 Å². The van der Waals surface area contributed by atoms with Crippen LogP contribution in [-0.2, 0) is 9.59 Å². The second-order valence-corrected chi connectivity index (χ2v) is 5.68. The molecule has 0 radical (unpaired) electrons. The van der Waals surface area contributed by atoms with E-state index >= 15 is 0 Å². The average molecular weight is 295 g/mol. The van der Waals surface area contributed by atoms with Crippen LogP contribution in [0, 0.1) is 0 Å². The maximum absolute atomic E-state index is 12.0. The monoisotopic (exact) mass is 295 g/mol. The van der Waals surface area contributed by atoms with Crippen LogP contribution < -0.4 is 5.32 Å². The molecule has 21 heavy (non-hydrogen) atoms. The Balaban J connectivity index is 1.87. The van der Waals surface area contributed by atoms with Crippen LogP contribution in [0.1, 0.15) is 44.7 Å². The van der Waals surface area contributed by atoms with Gasteiger partial charge in [0.25, 0.3) is 0 Å². The van der Waals surface area contributed by atoms with E-state index in [1.165, 1.54) is 0 Å². The summed E-state index contributed by atoms with van der Waals surface area (Å²) in [4.78, 5) is 24.7. The smallest absolute Gasteiger partial charge is 0.304 e. The van der Waals surface area contributed by atoms with E-state index in [9.17, 15) is 9.59 Å². The number of nitrogens with one attached hydrogen (secondary N) is 1. The summed E-state index contributed by atoms with van der Waals surface area (Å²) >= 11 is 0. The van der Waals surface area contributed by atoms with Crippen molar-refractivity contribution in [3.63, 3.8) is 0 Å². The van der Waals surface area contributed by atoms with Crippen LogP contribution in [0.3, 0.4) is 0 Å². The van der Waals surface area contributed by atoms with Crippen molar-refractivity contribution in [2.24, 2.45) is 0 Å². The number of aliphatic carboxylic acids is 1. The van der Waals surface area contributed by atoms with E-state index in [2.05, 4.69) is 10.5 Å². The average Bonchev–Trinajstić information content (AvgIpc) is 2.99. The van der Waals surface area contributed by atoms with Crippen molar-refractivity contribution < 1.29 is 19.2 Å². The molecule has 1 atom stereocenters. The van der Waals surface area contributed by atoms with Crippen LogP contribution >= 0.6 is 0 Å². The second-order valence-electron chi connectivity index (χ2n) is 5.68. The van der Waals surface area contributed by atoms with E-state index in [-0.39, 0.29) is 30.8 Å². The molecule has 0 spiro atoms. The predicted octanol–water partition coefficient (Wildman–Crippen LogP) is 1.68. The Morgan fingerprint density at radius 3 is 2.95 bits per heavy atom. The lowest BCUT2D eigenvalue weighted by molar-refractivity contribution is -0.138. The highest BCUT2D eigenvalue weighted by molar-refractivity contribution is 5.91. The van der Waals surface area contributed by atoms with Gasteiger partial charge in [0, 0.05) is 12.1 Å². The molecular weight excluding hydrogens is 274 g/mol. The topological polar surface area (TPSA) is 95.7 Å². The quantitative estimate of drug-likeness (QED) is 0.829. The number of rotatable bonds is 6. The van der Waals surface area contributed by atoms with Gasteiger partial charge in [-0.2, -0.15) is 0 Å². The Labute approximate surface area is 123 Å². The predicted molar refractivity (Wildman–Crippen MR) is 76.1 cm³/mol. The highest BCUT2D eigenvalue weighted by Gasteiger charge is 2.28. The summed E-state index contributed by atoms with van der Waals surface area (Å²) in [7, 11) is 0. The molecule has 0 aromatic carbocycles. The van der Waals surface area contributed by atoms with E-state index in [4.69, 9.17) is 9.63 Å². The maximum Gasteiger partial charge on any atom is 0.304 e. The Morgan fingerprint density at radius 2 is 2.33 bits per heavy atom.